The first-order chi connectivity index (χ1) is 16.3. The number of anilines is 4. The number of carbonyl (C=O) groups is 2. The second-order valence-corrected chi connectivity index (χ2v) is 9.28. The largest absolute Gasteiger partial charge is 0.441 e. The van der Waals surface area contributed by atoms with E-state index in [1.165, 1.54) is 0 Å². The fraction of sp³-hybridized carbons (Fsp3) is 0.409. The highest BCUT2D eigenvalue weighted by molar-refractivity contribution is 5.90. The minimum absolute atomic E-state index is 0.348. The Morgan fingerprint density at radius 3 is 2.71 bits per heavy atom. The maximum absolute atomic E-state index is 11.9. The number of nitrogens with one attached hydrogen (secondary N) is 3. The first-order valence-corrected chi connectivity index (χ1v) is 11.2. The fourth-order valence-corrected chi connectivity index (χ4v) is 4.79. The van der Waals surface area contributed by atoms with Crippen LogP contribution in [0.4, 0.5) is 32.7 Å². The van der Waals surface area contributed by atoms with Crippen LogP contribution in [0.25, 0.3) is 5.65 Å². The van der Waals surface area contributed by atoms with Crippen molar-refractivity contribution >= 4 is 41.0 Å². The number of benzene rings is 1. The van der Waals surface area contributed by atoms with Crippen molar-refractivity contribution in [3.63, 3.8) is 0 Å². The Balaban J connectivity index is 1.24. The van der Waals surface area contributed by atoms with Crippen LogP contribution in [0.2, 0.25) is 0 Å². The summed E-state index contributed by atoms with van der Waals surface area (Å²) in [4.78, 5) is 34.8. The molecule has 3 aliphatic heterocycles. The van der Waals surface area contributed by atoms with Gasteiger partial charge < -0.3 is 25.0 Å². The van der Waals surface area contributed by atoms with Gasteiger partial charge in [0.05, 0.1) is 12.2 Å². The van der Waals surface area contributed by atoms with Gasteiger partial charge in [0.15, 0.2) is 11.5 Å². The lowest BCUT2D eigenvalue weighted by molar-refractivity contribution is 0.0365. The SMILES string of the molecule is CC1(C)OC(=O)Nc2cc(Nc3nc4c(N5CCC6(CC5)CNC(=O)O6)nccn4n3)ccc21. The van der Waals surface area contributed by atoms with Gasteiger partial charge in [0.1, 0.15) is 11.2 Å². The van der Waals surface area contributed by atoms with Crippen molar-refractivity contribution in [2.45, 2.75) is 37.9 Å². The molecule has 3 N–H and O–H groups in total. The van der Waals surface area contributed by atoms with Gasteiger partial charge in [0.2, 0.25) is 5.95 Å². The number of rotatable bonds is 3. The highest BCUT2D eigenvalue weighted by atomic mass is 16.6. The summed E-state index contributed by atoms with van der Waals surface area (Å²) in [6.45, 7) is 5.64. The molecule has 3 aromatic rings. The molecule has 0 saturated carbocycles. The molecule has 5 heterocycles. The number of fused-ring (bicyclic) bond motifs is 2. The van der Waals surface area contributed by atoms with E-state index in [-0.39, 0.29) is 6.09 Å². The van der Waals surface area contributed by atoms with Crippen LogP contribution < -0.4 is 20.9 Å². The van der Waals surface area contributed by atoms with Crippen LogP contribution in [0.1, 0.15) is 32.3 Å². The quantitative estimate of drug-likeness (QED) is 0.535. The van der Waals surface area contributed by atoms with Crippen molar-refractivity contribution in [1.82, 2.24) is 24.9 Å². The standard InChI is InChI=1S/C22H24N8O4/c1-21(2)14-4-3-13(11-15(14)26-20(32)33-21)25-18-27-17-16(23-7-10-30(17)28-18)29-8-5-22(6-9-29)12-24-19(31)34-22/h3-4,7,10-11H,5-6,8-9,12H2,1-2H3,(H,24,31)(H,25,28)(H,26,32). The van der Waals surface area contributed by atoms with E-state index in [9.17, 15) is 9.59 Å². The molecule has 0 bridgehead atoms. The van der Waals surface area contributed by atoms with Crippen molar-refractivity contribution in [2.75, 3.05) is 35.2 Å². The molecule has 0 atom stereocenters. The molecule has 1 spiro atoms. The van der Waals surface area contributed by atoms with Crippen LogP contribution in [0.3, 0.4) is 0 Å². The topological polar surface area (TPSA) is 135 Å². The molecule has 0 radical (unpaired) electrons. The van der Waals surface area contributed by atoms with Gasteiger partial charge in [-0.2, -0.15) is 4.98 Å². The van der Waals surface area contributed by atoms with Gasteiger partial charge in [-0.05, 0) is 26.0 Å². The van der Waals surface area contributed by atoms with Crippen molar-refractivity contribution < 1.29 is 19.1 Å². The first kappa shape index (κ1) is 20.5. The average molecular weight is 464 g/mol. The number of cyclic esters (lactones) is 1. The highest BCUT2D eigenvalue weighted by Gasteiger charge is 2.43. The predicted molar refractivity (Wildman–Crippen MR) is 122 cm³/mol. The summed E-state index contributed by atoms with van der Waals surface area (Å²) in [5.41, 5.74) is 1.79. The van der Waals surface area contributed by atoms with E-state index in [0.29, 0.717) is 49.8 Å². The lowest BCUT2D eigenvalue weighted by atomic mass is 9.92. The third-order valence-electron chi connectivity index (χ3n) is 6.58. The second kappa shape index (κ2) is 7.20. The predicted octanol–water partition coefficient (Wildman–Crippen LogP) is 2.74. The maximum atomic E-state index is 11.9. The monoisotopic (exact) mass is 464 g/mol. The molecule has 0 aliphatic carbocycles. The molecular formula is C22H24N8O4. The number of piperidine rings is 1. The lowest BCUT2D eigenvalue weighted by Crippen LogP contribution is -2.47. The summed E-state index contributed by atoms with van der Waals surface area (Å²) in [5, 5.41) is 13.3. The van der Waals surface area contributed by atoms with Crippen LogP contribution in [0, 0.1) is 0 Å². The van der Waals surface area contributed by atoms with Crippen LogP contribution in [-0.2, 0) is 15.1 Å². The van der Waals surface area contributed by atoms with E-state index in [0.717, 1.165) is 17.1 Å². The molecular weight excluding hydrogens is 440 g/mol. The number of nitrogens with zero attached hydrogens (tertiary/aromatic N) is 5. The van der Waals surface area contributed by atoms with Gasteiger partial charge in [-0.3, -0.25) is 5.32 Å². The molecule has 176 valence electrons. The molecule has 34 heavy (non-hydrogen) atoms. The number of ether oxygens (including phenoxy) is 2. The number of hydrogen-bond donors (Lipinski definition) is 3. The van der Waals surface area contributed by atoms with Crippen LogP contribution in [0.15, 0.2) is 30.6 Å². The van der Waals surface area contributed by atoms with Gasteiger partial charge >= 0.3 is 12.2 Å². The number of carbonyl (C=O) groups excluding carboxylic acids is 2. The van der Waals surface area contributed by atoms with Gasteiger partial charge in [-0.15, -0.1) is 5.10 Å². The Hall–Kier alpha value is -4.09. The summed E-state index contributed by atoms with van der Waals surface area (Å²) in [6, 6.07) is 5.64. The Morgan fingerprint density at radius 2 is 1.94 bits per heavy atom. The third kappa shape index (κ3) is 3.42. The van der Waals surface area contributed by atoms with Crippen molar-refractivity contribution in [1.29, 1.82) is 0 Å². The molecule has 12 nitrogen and oxygen atoms in total. The smallest absolute Gasteiger partial charge is 0.412 e. The molecule has 3 aliphatic rings. The minimum atomic E-state index is -0.710. The van der Waals surface area contributed by atoms with Crippen molar-refractivity contribution in [2.24, 2.45) is 0 Å². The minimum Gasteiger partial charge on any atom is -0.441 e. The summed E-state index contributed by atoms with van der Waals surface area (Å²) in [6.07, 6.45) is 4.04. The van der Waals surface area contributed by atoms with E-state index in [4.69, 9.17) is 9.47 Å². The Labute approximate surface area is 194 Å². The fourth-order valence-electron chi connectivity index (χ4n) is 4.79. The lowest BCUT2D eigenvalue weighted by Gasteiger charge is -2.37. The first-order valence-electron chi connectivity index (χ1n) is 11.2. The molecule has 6 rings (SSSR count). The summed E-state index contributed by atoms with van der Waals surface area (Å²) >= 11 is 0. The van der Waals surface area contributed by atoms with E-state index >= 15 is 0 Å². The maximum Gasteiger partial charge on any atom is 0.412 e. The zero-order valence-electron chi connectivity index (χ0n) is 18.8. The van der Waals surface area contributed by atoms with Crippen LogP contribution in [-0.4, -0.2) is 57.0 Å². The molecule has 2 saturated heterocycles. The number of hydrogen-bond acceptors (Lipinski definition) is 9. The zero-order valence-corrected chi connectivity index (χ0v) is 18.8. The zero-order chi connectivity index (χ0) is 23.5. The van der Waals surface area contributed by atoms with Gasteiger partial charge in [-0.25, -0.2) is 19.1 Å². The molecule has 2 amide bonds. The van der Waals surface area contributed by atoms with Gasteiger partial charge in [-0.1, -0.05) is 6.07 Å². The Kier molecular flexibility index (Phi) is 4.35. The number of amides is 2. The van der Waals surface area contributed by atoms with Gasteiger partial charge in [0, 0.05) is 49.6 Å². The van der Waals surface area contributed by atoms with Gasteiger partial charge in [0.25, 0.3) is 0 Å². The van der Waals surface area contributed by atoms with E-state index in [1.807, 2.05) is 32.0 Å². The normalized spacial score (nSPS) is 20.4. The summed E-state index contributed by atoms with van der Waals surface area (Å²) < 4.78 is 12.6. The molecule has 2 fully saturated rings. The average Bonchev–Trinajstić information content (AvgIpc) is 3.36. The highest BCUT2D eigenvalue weighted by Crippen LogP contribution is 2.37. The van der Waals surface area contributed by atoms with Crippen molar-refractivity contribution in [3.8, 4) is 0 Å². The molecule has 2 aromatic heterocycles. The molecule has 1 aromatic carbocycles. The Bertz CT molecular complexity index is 1310. The van der Waals surface area contributed by atoms with E-state index < -0.39 is 17.3 Å². The second-order valence-electron chi connectivity index (χ2n) is 9.28. The third-order valence-corrected chi connectivity index (χ3v) is 6.58. The number of alkyl carbamates (subject to hydrolysis) is 1. The van der Waals surface area contributed by atoms with E-state index in [2.05, 4.69) is 35.9 Å². The summed E-state index contributed by atoms with van der Waals surface area (Å²) in [5.74, 6) is 1.14. The van der Waals surface area contributed by atoms with Crippen molar-refractivity contribution in [3.05, 3.63) is 36.2 Å². The van der Waals surface area contributed by atoms with Crippen LogP contribution in [0.5, 0.6) is 0 Å². The molecule has 12 heteroatoms. The number of aromatic nitrogens is 4. The Morgan fingerprint density at radius 1 is 1.12 bits per heavy atom. The van der Waals surface area contributed by atoms with Crippen LogP contribution >= 0.6 is 0 Å². The van der Waals surface area contributed by atoms with E-state index in [1.54, 1.807) is 16.9 Å². The molecule has 0 unspecified atom stereocenters. The summed E-state index contributed by atoms with van der Waals surface area (Å²) in [7, 11) is 0.